The van der Waals surface area contributed by atoms with Crippen LogP contribution in [0.3, 0.4) is 0 Å². The monoisotopic (exact) mass is 339 g/mol. The number of nitrogens with one attached hydrogen (secondary N) is 1. The first-order valence-electron chi connectivity index (χ1n) is 7.76. The van der Waals surface area contributed by atoms with Gasteiger partial charge in [0.2, 0.25) is 0 Å². The van der Waals surface area contributed by atoms with Gasteiger partial charge < -0.3 is 14.6 Å². The third-order valence-electron chi connectivity index (χ3n) is 3.94. The van der Waals surface area contributed by atoms with Crippen molar-refractivity contribution in [2.45, 2.75) is 6.04 Å². The lowest BCUT2D eigenvalue weighted by atomic mass is 10.1. The van der Waals surface area contributed by atoms with Crippen LogP contribution in [0.25, 0.3) is 0 Å². The first-order chi connectivity index (χ1) is 12.1. The Morgan fingerprint density at radius 2 is 2.00 bits per heavy atom. The Hall–Kier alpha value is -3.15. The molecule has 0 aliphatic heterocycles. The maximum absolute atomic E-state index is 13.9. The summed E-state index contributed by atoms with van der Waals surface area (Å²) in [7, 11) is 3.24. The number of benzene rings is 2. The second kappa shape index (κ2) is 7.17. The lowest BCUT2D eigenvalue weighted by Gasteiger charge is -2.19. The molecule has 0 spiro atoms. The average molecular weight is 339 g/mol. The van der Waals surface area contributed by atoms with Gasteiger partial charge in [-0.3, -0.25) is 4.79 Å². The minimum absolute atomic E-state index is 0.0975. The molecule has 1 amide bonds. The highest BCUT2D eigenvalue weighted by molar-refractivity contribution is 5.94. The normalized spacial score (nSPS) is 11.8. The van der Waals surface area contributed by atoms with Crippen LogP contribution in [0.15, 0.2) is 60.9 Å². The van der Waals surface area contributed by atoms with Crippen LogP contribution >= 0.6 is 0 Å². The molecule has 25 heavy (non-hydrogen) atoms. The maximum Gasteiger partial charge on any atom is 0.252 e. The standard InChI is InChI=1S/C19H18FN3O2/c1-23-11-10-21-18(23)17(13-6-4-3-5-7-13)22-19(24)14-8-9-16(25-2)15(20)12-14/h3-12,17H,1-2H3,(H,22,24). The molecule has 3 rings (SSSR count). The van der Waals surface area contributed by atoms with E-state index in [2.05, 4.69) is 10.3 Å². The van der Waals surface area contributed by atoms with E-state index in [0.717, 1.165) is 11.6 Å². The molecule has 0 aliphatic rings. The SMILES string of the molecule is COc1ccc(C(=O)NC(c2ccccc2)c2nccn2C)cc1F. The zero-order valence-electron chi connectivity index (χ0n) is 13.9. The molecule has 1 N–H and O–H groups in total. The Labute approximate surface area is 145 Å². The molecule has 6 heteroatoms. The smallest absolute Gasteiger partial charge is 0.252 e. The topological polar surface area (TPSA) is 56.1 Å². The summed E-state index contributed by atoms with van der Waals surface area (Å²) in [5.41, 5.74) is 1.10. The molecule has 3 aromatic rings. The van der Waals surface area contributed by atoms with Crippen LogP contribution in [0, 0.1) is 5.82 Å². The fourth-order valence-electron chi connectivity index (χ4n) is 2.62. The molecule has 0 saturated heterocycles. The Morgan fingerprint density at radius 3 is 2.60 bits per heavy atom. The number of rotatable bonds is 5. The summed E-state index contributed by atoms with van der Waals surface area (Å²) in [6.45, 7) is 0. The van der Waals surface area contributed by atoms with Gasteiger partial charge in [-0.15, -0.1) is 0 Å². The molecule has 5 nitrogen and oxygen atoms in total. The summed E-state index contributed by atoms with van der Waals surface area (Å²) in [5.74, 6) is -0.185. The van der Waals surface area contributed by atoms with E-state index in [9.17, 15) is 9.18 Å². The number of amides is 1. The maximum atomic E-state index is 13.9. The van der Waals surface area contributed by atoms with Crippen molar-refractivity contribution < 1.29 is 13.9 Å². The largest absolute Gasteiger partial charge is 0.494 e. The zero-order chi connectivity index (χ0) is 17.8. The first kappa shape index (κ1) is 16.7. The molecule has 0 fully saturated rings. The Bertz CT molecular complexity index is 877. The molecule has 0 aliphatic carbocycles. The molecule has 1 aromatic heterocycles. The molecule has 1 atom stereocenters. The van der Waals surface area contributed by atoms with Crippen LogP contribution in [0.1, 0.15) is 27.8 Å². The van der Waals surface area contributed by atoms with Crippen molar-refractivity contribution in [3.8, 4) is 5.75 Å². The number of aryl methyl sites for hydroxylation is 1. The van der Waals surface area contributed by atoms with Gasteiger partial charge in [0.1, 0.15) is 11.9 Å². The van der Waals surface area contributed by atoms with Crippen molar-refractivity contribution in [2.24, 2.45) is 7.05 Å². The summed E-state index contributed by atoms with van der Waals surface area (Å²) in [4.78, 5) is 17.0. The van der Waals surface area contributed by atoms with E-state index in [1.165, 1.54) is 19.2 Å². The Morgan fingerprint density at radius 1 is 1.24 bits per heavy atom. The predicted molar refractivity (Wildman–Crippen MR) is 91.9 cm³/mol. The minimum atomic E-state index is -0.580. The summed E-state index contributed by atoms with van der Waals surface area (Å²) >= 11 is 0. The Balaban J connectivity index is 1.92. The number of hydrogen-bond donors (Lipinski definition) is 1. The predicted octanol–water partition coefficient (Wildman–Crippen LogP) is 3.09. The molecule has 0 saturated carbocycles. The summed E-state index contributed by atoms with van der Waals surface area (Å²) in [6.07, 6.45) is 3.48. The van der Waals surface area contributed by atoms with Gasteiger partial charge in [-0.2, -0.15) is 0 Å². The molecule has 0 bridgehead atoms. The van der Waals surface area contributed by atoms with Crippen LogP contribution in [0.4, 0.5) is 4.39 Å². The number of imidazole rings is 1. The van der Waals surface area contributed by atoms with Crippen LogP contribution in [0.2, 0.25) is 0 Å². The fraction of sp³-hybridized carbons (Fsp3) is 0.158. The molecule has 1 heterocycles. The number of methoxy groups -OCH3 is 1. The number of nitrogens with zero attached hydrogens (tertiary/aromatic N) is 2. The molecule has 128 valence electrons. The van der Waals surface area contributed by atoms with Crippen LogP contribution < -0.4 is 10.1 Å². The zero-order valence-corrected chi connectivity index (χ0v) is 13.9. The number of carbonyl (C=O) groups excluding carboxylic acids is 1. The lowest BCUT2D eigenvalue weighted by molar-refractivity contribution is 0.0940. The highest BCUT2D eigenvalue weighted by Gasteiger charge is 2.21. The number of aromatic nitrogens is 2. The quantitative estimate of drug-likeness (QED) is 0.777. The van der Waals surface area contributed by atoms with Gasteiger partial charge in [0.25, 0.3) is 5.91 Å². The van der Waals surface area contributed by atoms with Gasteiger partial charge in [-0.1, -0.05) is 30.3 Å². The van der Waals surface area contributed by atoms with Crippen molar-refractivity contribution in [1.82, 2.24) is 14.9 Å². The minimum Gasteiger partial charge on any atom is -0.494 e. The third-order valence-corrected chi connectivity index (χ3v) is 3.94. The molecular formula is C19H18FN3O2. The third kappa shape index (κ3) is 3.52. The number of halogens is 1. The van der Waals surface area contributed by atoms with E-state index in [0.29, 0.717) is 5.82 Å². The van der Waals surface area contributed by atoms with Crippen molar-refractivity contribution >= 4 is 5.91 Å². The van der Waals surface area contributed by atoms with Crippen LogP contribution in [-0.4, -0.2) is 22.6 Å². The first-order valence-corrected chi connectivity index (χ1v) is 7.76. The van der Waals surface area contributed by atoms with Crippen molar-refractivity contribution in [2.75, 3.05) is 7.11 Å². The molecule has 1 unspecified atom stereocenters. The summed E-state index contributed by atoms with van der Waals surface area (Å²) < 4.78 is 20.6. The van der Waals surface area contributed by atoms with E-state index < -0.39 is 17.8 Å². The van der Waals surface area contributed by atoms with E-state index in [-0.39, 0.29) is 11.3 Å². The second-order valence-corrected chi connectivity index (χ2v) is 5.56. The second-order valence-electron chi connectivity index (χ2n) is 5.56. The molecule has 2 aromatic carbocycles. The van der Waals surface area contributed by atoms with Gasteiger partial charge in [-0.05, 0) is 23.8 Å². The Kier molecular flexibility index (Phi) is 4.79. The van der Waals surface area contributed by atoms with Crippen molar-refractivity contribution in [3.63, 3.8) is 0 Å². The molecule has 0 radical (unpaired) electrons. The van der Waals surface area contributed by atoms with E-state index in [1.807, 2.05) is 48.1 Å². The van der Waals surface area contributed by atoms with Crippen molar-refractivity contribution in [3.05, 3.63) is 83.7 Å². The van der Waals surface area contributed by atoms with Crippen molar-refractivity contribution in [1.29, 1.82) is 0 Å². The van der Waals surface area contributed by atoms with Gasteiger partial charge in [-0.25, -0.2) is 9.37 Å². The number of ether oxygens (including phenoxy) is 1. The lowest BCUT2D eigenvalue weighted by Crippen LogP contribution is -2.31. The average Bonchev–Trinajstić information content (AvgIpc) is 3.06. The van der Waals surface area contributed by atoms with Gasteiger partial charge >= 0.3 is 0 Å². The van der Waals surface area contributed by atoms with Gasteiger partial charge in [0.05, 0.1) is 7.11 Å². The van der Waals surface area contributed by atoms with E-state index >= 15 is 0 Å². The summed E-state index contributed by atoms with van der Waals surface area (Å²) in [6, 6.07) is 13.2. The van der Waals surface area contributed by atoms with E-state index in [1.54, 1.807) is 6.20 Å². The molecular weight excluding hydrogens is 321 g/mol. The number of hydrogen-bond acceptors (Lipinski definition) is 3. The highest BCUT2D eigenvalue weighted by atomic mass is 19.1. The summed E-state index contributed by atoms with van der Waals surface area (Å²) in [5, 5.41) is 2.93. The van der Waals surface area contributed by atoms with E-state index in [4.69, 9.17) is 4.74 Å². The van der Waals surface area contributed by atoms with Gasteiger partial charge in [0.15, 0.2) is 11.6 Å². The van der Waals surface area contributed by atoms with Crippen LogP contribution in [0.5, 0.6) is 5.75 Å². The number of carbonyl (C=O) groups is 1. The highest BCUT2D eigenvalue weighted by Crippen LogP contribution is 2.22. The van der Waals surface area contributed by atoms with Crippen LogP contribution in [-0.2, 0) is 7.05 Å². The van der Waals surface area contributed by atoms with Gasteiger partial charge in [0, 0.05) is 25.0 Å². The fourth-order valence-corrected chi connectivity index (χ4v) is 2.62.